The summed E-state index contributed by atoms with van der Waals surface area (Å²) in [5, 5.41) is 6.22. The zero-order valence-electron chi connectivity index (χ0n) is 11.2. The molecule has 0 spiro atoms. The minimum Gasteiger partial charge on any atom is -0.347 e. The van der Waals surface area contributed by atoms with Crippen LogP contribution in [0.25, 0.3) is 11.1 Å². The van der Waals surface area contributed by atoms with Crippen LogP contribution in [-0.2, 0) is 0 Å². The second kappa shape index (κ2) is 5.84. The second-order valence-electron chi connectivity index (χ2n) is 4.96. The number of carbonyl (C=O) groups is 1. The Hall–Kier alpha value is -2.20. The average Bonchev–Trinajstić information content (AvgIpc) is 3.01. The molecular weight excluding hydrogens is 250 g/mol. The van der Waals surface area contributed by atoms with Gasteiger partial charge in [0.15, 0.2) is 0 Å². The third-order valence-electron chi connectivity index (χ3n) is 3.50. The van der Waals surface area contributed by atoms with Gasteiger partial charge in [0.1, 0.15) is 5.69 Å². The van der Waals surface area contributed by atoms with Crippen molar-refractivity contribution in [3.05, 3.63) is 54.4 Å². The van der Waals surface area contributed by atoms with E-state index in [9.17, 15) is 4.79 Å². The fraction of sp³-hybridized carbons (Fsp3) is 0.250. The number of benzene rings is 1. The summed E-state index contributed by atoms with van der Waals surface area (Å²) in [5.74, 6) is -0.0988. The molecule has 2 aromatic rings. The van der Waals surface area contributed by atoms with Crippen molar-refractivity contribution >= 4 is 5.91 Å². The van der Waals surface area contributed by atoms with Gasteiger partial charge in [-0.25, -0.2) is 0 Å². The van der Waals surface area contributed by atoms with E-state index in [1.54, 1.807) is 12.3 Å². The van der Waals surface area contributed by atoms with Gasteiger partial charge in [-0.05, 0) is 24.6 Å². The molecule has 1 aliphatic heterocycles. The number of amides is 1. The van der Waals surface area contributed by atoms with E-state index in [2.05, 4.69) is 15.6 Å². The first-order chi connectivity index (χ1) is 9.83. The van der Waals surface area contributed by atoms with E-state index in [0.717, 1.165) is 30.6 Å². The molecule has 1 atom stereocenters. The van der Waals surface area contributed by atoms with Crippen LogP contribution in [0.2, 0.25) is 0 Å². The van der Waals surface area contributed by atoms with Crippen LogP contribution in [0, 0.1) is 0 Å². The van der Waals surface area contributed by atoms with Crippen molar-refractivity contribution in [1.82, 2.24) is 15.6 Å². The number of aromatic nitrogens is 1. The van der Waals surface area contributed by atoms with Gasteiger partial charge in [0, 0.05) is 24.3 Å². The highest BCUT2D eigenvalue weighted by molar-refractivity contribution is 5.92. The predicted molar refractivity (Wildman–Crippen MR) is 78.4 cm³/mol. The van der Waals surface area contributed by atoms with E-state index in [-0.39, 0.29) is 11.9 Å². The molecule has 1 aliphatic rings. The summed E-state index contributed by atoms with van der Waals surface area (Å²) in [5.41, 5.74) is 2.59. The minimum atomic E-state index is -0.0988. The fourth-order valence-electron chi connectivity index (χ4n) is 2.37. The summed E-state index contributed by atoms with van der Waals surface area (Å²) >= 11 is 0. The molecule has 0 unspecified atom stereocenters. The molecule has 2 heterocycles. The molecule has 1 aromatic carbocycles. The topological polar surface area (TPSA) is 54.0 Å². The highest BCUT2D eigenvalue weighted by Gasteiger charge is 2.18. The molecule has 4 heteroatoms. The van der Waals surface area contributed by atoms with E-state index in [1.165, 1.54) is 0 Å². The SMILES string of the molecule is O=C(N[C@@H]1CCNC1)c1ccc(-c2ccccc2)cn1. The summed E-state index contributed by atoms with van der Waals surface area (Å²) in [6.07, 6.45) is 2.73. The Labute approximate surface area is 118 Å². The molecule has 0 bridgehead atoms. The second-order valence-corrected chi connectivity index (χ2v) is 4.96. The third-order valence-corrected chi connectivity index (χ3v) is 3.50. The number of rotatable bonds is 3. The first-order valence-corrected chi connectivity index (χ1v) is 6.86. The van der Waals surface area contributed by atoms with Crippen LogP contribution in [0.5, 0.6) is 0 Å². The summed E-state index contributed by atoms with van der Waals surface area (Å²) in [6.45, 7) is 1.80. The first-order valence-electron chi connectivity index (χ1n) is 6.86. The van der Waals surface area contributed by atoms with Crippen LogP contribution in [0.4, 0.5) is 0 Å². The molecule has 20 heavy (non-hydrogen) atoms. The largest absolute Gasteiger partial charge is 0.347 e. The van der Waals surface area contributed by atoms with Gasteiger partial charge in [-0.1, -0.05) is 36.4 Å². The normalized spacial score (nSPS) is 17.9. The van der Waals surface area contributed by atoms with Crippen molar-refractivity contribution in [2.24, 2.45) is 0 Å². The standard InChI is InChI=1S/C16H17N3O/c20-16(19-14-8-9-17-11-14)15-7-6-13(10-18-15)12-4-2-1-3-5-12/h1-7,10,14,17H,8-9,11H2,(H,19,20)/t14-/m1/s1. The molecule has 0 radical (unpaired) electrons. The molecule has 0 saturated carbocycles. The maximum absolute atomic E-state index is 12.0. The summed E-state index contributed by atoms with van der Waals surface area (Å²) in [6, 6.07) is 13.9. The lowest BCUT2D eigenvalue weighted by molar-refractivity contribution is 0.0935. The molecule has 4 nitrogen and oxygen atoms in total. The lowest BCUT2D eigenvalue weighted by Gasteiger charge is -2.10. The monoisotopic (exact) mass is 267 g/mol. The van der Waals surface area contributed by atoms with Crippen molar-refractivity contribution in [3.8, 4) is 11.1 Å². The number of nitrogens with one attached hydrogen (secondary N) is 2. The van der Waals surface area contributed by atoms with E-state index in [1.807, 2.05) is 36.4 Å². The van der Waals surface area contributed by atoms with Crippen molar-refractivity contribution in [2.45, 2.75) is 12.5 Å². The number of nitrogens with zero attached hydrogens (tertiary/aromatic N) is 1. The highest BCUT2D eigenvalue weighted by Crippen LogP contribution is 2.17. The number of pyridine rings is 1. The Bertz CT molecular complexity index is 574. The number of hydrogen-bond donors (Lipinski definition) is 2. The van der Waals surface area contributed by atoms with E-state index in [0.29, 0.717) is 5.69 Å². The van der Waals surface area contributed by atoms with E-state index in [4.69, 9.17) is 0 Å². The molecule has 1 amide bonds. The average molecular weight is 267 g/mol. The molecule has 0 aliphatic carbocycles. The van der Waals surface area contributed by atoms with Crippen LogP contribution in [-0.4, -0.2) is 30.0 Å². The summed E-state index contributed by atoms with van der Waals surface area (Å²) in [7, 11) is 0. The number of carbonyl (C=O) groups excluding carboxylic acids is 1. The fourth-order valence-corrected chi connectivity index (χ4v) is 2.37. The Kier molecular flexibility index (Phi) is 3.74. The maximum atomic E-state index is 12.0. The number of hydrogen-bond acceptors (Lipinski definition) is 3. The van der Waals surface area contributed by atoms with Crippen LogP contribution < -0.4 is 10.6 Å². The van der Waals surface area contributed by atoms with Gasteiger partial charge in [0.25, 0.3) is 5.91 Å². The van der Waals surface area contributed by atoms with Gasteiger partial charge >= 0.3 is 0 Å². The van der Waals surface area contributed by atoms with E-state index >= 15 is 0 Å². The highest BCUT2D eigenvalue weighted by atomic mass is 16.1. The van der Waals surface area contributed by atoms with Crippen molar-refractivity contribution < 1.29 is 4.79 Å². The smallest absolute Gasteiger partial charge is 0.270 e. The zero-order valence-corrected chi connectivity index (χ0v) is 11.2. The van der Waals surface area contributed by atoms with Crippen molar-refractivity contribution in [2.75, 3.05) is 13.1 Å². The molecule has 1 fully saturated rings. The lowest BCUT2D eigenvalue weighted by Crippen LogP contribution is -2.36. The van der Waals surface area contributed by atoms with Crippen LogP contribution in [0.1, 0.15) is 16.9 Å². The Morgan fingerprint density at radius 3 is 2.65 bits per heavy atom. The van der Waals surface area contributed by atoms with E-state index < -0.39 is 0 Å². The predicted octanol–water partition coefficient (Wildman–Crippen LogP) is 1.84. The molecule has 1 saturated heterocycles. The third kappa shape index (κ3) is 2.86. The van der Waals surface area contributed by atoms with Gasteiger partial charge in [-0.3, -0.25) is 9.78 Å². The van der Waals surface area contributed by atoms with Gasteiger partial charge in [-0.2, -0.15) is 0 Å². The molecule has 3 rings (SSSR count). The molecule has 1 aromatic heterocycles. The maximum Gasteiger partial charge on any atom is 0.270 e. The Balaban J connectivity index is 1.71. The summed E-state index contributed by atoms with van der Waals surface area (Å²) in [4.78, 5) is 16.3. The Morgan fingerprint density at radius 2 is 2.00 bits per heavy atom. The van der Waals surface area contributed by atoms with Gasteiger partial charge in [-0.15, -0.1) is 0 Å². The minimum absolute atomic E-state index is 0.0988. The van der Waals surface area contributed by atoms with Crippen molar-refractivity contribution in [1.29, 1.82) is 0 Å². The van der Waals surface area contributed by atoms with Crippen LogP contribution >= 0.6 is 0 Å². The first kappa shape index (κ1) is 12.8. The Morgan fingerprint density at radius 1 is 1.15 bits per heavy atom. The molecular formula is C16H17N3O. The van der Waals surface area contributed by atoms with Gasteiger partial charge in [0.05, 0.1) is 0 Å². The quantitative estimate of drug-likeness (QED) is 0.892. The van der Waals surface area contributed by atoms with Gasteiger partial charge < -0.3 is 10.6 Å². The van der Waals surface area contributed by atoms with Crippen molar-refractivity contribution in [3.63, 3.8) is 0 Å². The zero-order chi connectivity index (χ0) is 13.8. The lowest BCUT2D eigenvalue weighted by atomic mass is 10.1. The van der Waals surface area contributed by atoms with Gasteiger partial charge in [0.2, 0.25) is 0 Å². The van der Waals surface area contributed by atoms with Crippen LogP contribution in [0.3, 0.4) is 0 Å². The molecule has 2 N–H and O–H groups in total. The van der Waals surface area contributed by atoms with Crippen LogP contribution in [0.15, 0.2) is 48.7 Å². The summed E-state index contributed by atoms with van der Waals surface area (Å²) < 4.78 is 0. The molecule has 102 valence electrons.